The third-order valence-electron chi connectivity index (χ3n) is 2.52. The molecule has 3 nitrogen and oxygen atoms in total. The largest absolute Gasteiger partial charge is 0.491 e. The van der Waals surface area contributed by atoms with E-state index in [9.17, 15) is 0 Å². The second-order valence-electron chi connectivity index (χ2n) is 4.33. The predicted molar refractivity (Wildman–Crippen MR) is 73.0 cm³/mol. The van der Waals surface area contributed by atoms with E-state index in [4.69, 9.17) is 16.3 Å². The minimum absolute atomic E-state index is 0.172. The van der Waals surface area contributed by atoms with Gasteiger partial charge in [0.2, 0.25) is 0 Å². The van der Waals surface area contributed by atoms with E-state index in [0.717, 1.165) is 22.6 Å². The van der Waals surface area contributed by atoms with Crippen molar-refractivity contribution in [3.05, 3.63) is 41.3 Å². The Morgan fingerprint density at radius 2 is 1.78 bits per heavy atom. The fourth-order valence-electron chi connectivity index (χ4n) is 1.68. The van der Waals surface area contributed by atoms with E-state index >= 15 is 0 Å². The zero-order chi connectivity index (χ0) is 13.1. The van der Waals surface area contributed by atoms with Crippen LogP contribution in [0.3, 0.4) is 0 Å². The number of rotatable bonds is 3. The number of aromatic nitrogens is 2. The lowest BCUT2D eigenvalue weighted by Crippen LogP contribution is -2.05. The van der Waals surface area contributed by atoms with Crippen LogP contribution in [0.4, 0.5) is 0 Å². The van der Waals surface area contributed by atoms with Gasteiger partial charge >= 0.3 is 0 Å². The molecule has 0 N–H and O–H groups in total. The van der Waals surface area contributed by atoms with Gasteiger partial charge in [-0.15, -0.1) is 0 Å². The van der Waals surface area contributed by atoms with Crippen LogP contribution in [0.15, 0.2) is 30.6 Å². The second-order valence-corrected chi connectivity index (χ2v) is 4.69. The lowest BCUT2D eigenvalue weighted by molar-refractivity contribution is 0.242. The lowest BCUT2D eigenvalue weighted by atomic mass is 10.1. The molecule has 0 amide bonds. The minimum atomic E-state index is 0.172. The van der Waals surface area contributed by atoms with Crippen LogP contribution in [0.25, 0.3) is 11.3 Å². The van der Waals surface area contributed by atoms with Gasteiger partial charge in [0.15, 0.2) is 0 Å². The van der Waals surface area contributed by atoms with Crippen LogP contribution in [0.2, 0.25) is 5.15 Å². The standard InChI is InChI=1S/C14H15ClN2O/c1-9(2)18-12-6-4-11(5-7-12)13-10(3)14(15)17-8-16-13/h4-9H,1-3H3. The van der Waals surface area contributed by atoms with Crippen LogP contribution < -0.4 is 4.74 Å². The Kier molecular flexibility index (Phi) is 3.82. The molecule has 0 aliphatic heterocycles. The highest BCUT2D eigenvalue weighted by molar-refractivity contribution is 6.30. The molecule has 0 unspecified atom stereocenters. The SMILES string of the molecule is Cc1c(Cl)ncnc1-c1ccc(OC(C)C)cc1. The molecule has 0 aliphatic carbocycles. The number of hydrogen-bond donors (Lipinski definition) is 0. The Bertz CT molecular complexity index is 538. The van der Waals surface area contributed by atoms with Gasteiger partial charge in [-0.05, 0) is 45.0 Å². The van der Waals surface area contributed by atoms with E-state index in [1.54, 1.807) is 0 Å². The maximum absolute atomic E-state index is 5.99. The maximum Gasteiger partial charge on any atom is 0.135 e. The van der Waals surface area contributed by atoms with Gasteiger partial charge in [0.25, 0.3) is 0 Å². The molecular weight excluding hydrogens is 248 g/mol. The molecule has 18 heavy (non-hydrogen) atoms. The highest BCUT2D eigenvalue weighted by Crippen LogP contribution is 2.26. The van der Waals surface area contributed by atoms with Gasteiger partial charge in [0.05, 0.1) is 11.8 Å². The zero-order valence-electron chi connectivity index (χ0n) is 10.6. The van der Waals surface area contributed by atoms with Crippen LogP contribution in [0.5, 0.6) is 5.75 Å². The summed E-state index contributed by atoms with van der Waals surface area (Å²) < 4.78 is 5.60. The van der Waals surface area contributed by atoms with Gasteiger partial charge in [-0.2, -0.15) is 0 Å². The fourth-order valence-corrected chi connectivity index (χ4v) is 1.82. The van der Waals surface area contributed by atoms with Crippen molar-refractivity contribution in [2.45, 2.75) is 26.9 Å². The first kappa shape index (κ1) is 12.8. The van der Waals surface area contributed by atoms with E-state index in [1.807, 2.05) is 45.0 Å². The fraction of sp³-hybridized carbons (Fsp3) is 0.286. The molecule has 94 valence electrons. The number of nitrogens with zero attached hydrogens (tertiary/aromatic N) is 2. The number of ether oxygens (including phenoxy) is 1. The van der Waals surface area contributed by atoms with E-state index in [2.05, 4.69) is 9.97 Å². The molecular formula is C14H15ClN2O. The van der Waals surface area contributed by atoms with Crippen molar-refractivity contribution in [3.63, 3.8) is 0 Å². The topological polar surface area (TPSA) is 35.0 Å². The highest BCUT2D eigenvalue weighted by atomic mass is 35.5. The van der Waals surface area contributed by atoms with Crippen molar-refractivity contribution in [2.24, 2.45) is 0 Å². The van der Waals surface area contributed by atoms with Gasteiger partial charge in [-0.3, -0.25) is 0 Å². The number of hydrogen-bond acceptors (Lipinski definition) is 3. The average Bonchev–Trinajstić information content (AvgIpc) is 2.33. The van der Waals surface area contributed by atoms with Crippen molar-refractivity contribution in [1.82, 2.24) is 9.97 Å². The summed E-state index contributed by atoms with van der Waals surface area (Å²) in [5.74, 6) is 0.853. The molecule has 0 saturated carbocycles. The molecule has 1 aromatic heterocycles. The summed E-state index contributed by atoms with van der Waals surface area (Å²) in [6.45, 7) is 5.92. The second kappa shape index (κ2) is 5.36. The maximum atomic E-state index is 5.99. The molecule has 1 heterocycles. The van der Waals surface area contributed by atoms with E-state index < -0.39 is 0 Å². The van der Waals surface area contributed by atoms with Gasteiger partial charge < -0.3 is 4.74 Å². The van der Waals surface area contributed by atoms with Gasteiger partial charge in [0.1, 0.15) is 17.2 Å². The lowest BCUT2D eigenvalue weighted by Gasteiger charge is -2.10. The summed E-state index contributed by atoms with van der Waals surface area (Å²) in [6.07, 6.45) is 1.65. The zero-order valence-corrected chi connectivity index (χ0v) is 11.4. The predicted octanol–water partition coefficient (Wildman–Crippen LogP) is 3.89. The Labute approximate surface area is 112 Å². The van der Waals surface area contributed by atoms with E-state index in [-0.39, 0.29) is 6.10 Å². The van der Waals surface area contributed by atoms with Crippen molar-refractivity contribution in [2.75, 3.05) is 0 Å². The molecule has 2 rings (SSSR count). The normalized spacial score (nSPS) is 10.7. The summed E-state index contributed by atoms with van der Waals surface area (Å²) in [7, 11) is 0. The summed E-state index contributed by atoms with van der Waals surface area (Å²) in [5.41, 5.74) is 2.75. The Hall–Kier alpha value is -1.61. The van der Waals surface area contributed by atoms with E-state index in [1.165, 1.54) is 6.33 Å². The molecule has 4 heteroatoms. The highest BCUT2D eigenvalue weighted by Gasteiger charge is 2.07. The van der Waals surface area contributed by atoms with Gasteiger partial charge in [-0.25, -0.2) is 9.97 Å². The Morgan fingerprint density at radius 1 is 1.11 bits per heavy atom. The molecule has 0 fully saturated rings. The molecule has 0 bridgehead atoms. The third kappa shape index (κ3) is 2.79. The van der Waals surface area contributed by atoms with E-state index in [0.29, 0.717) is 5.15 Å². The molecule has 0 atom stereocenters. The summed E-state index contributed by atoms with van der Waals surface area (Å²) >= 11 is 5.99. The van der Waals surface area contributed by atoms with Crippen LogP contribution in [0.1, 0.15) is 19.4 Å². The minimum Gasteiger partial charge on any atom is -0.491 e. The number of halogens is 1. The molecule has 0 spiro atoms. The van der Waals surface area contributed by atoms with Gasteiger partial charge in [-0.1, -0.05) is 11.6 Å². The van der Waals surface area contributed by atoms with Crippen LogP contribution in [-0.4, -0.2) is 16.1 Å². The quantitative estimate of drug-likeness (QED) is 0.787. The van der Waals surface area contributed by atoms with Crippen molar-refractivity contribution in [3.8, 4) is 17.0 Å². The molecule has 1 aromatic carbocycles. The molecule has 0 radical (unpaired) electrons. The molecule has 0 saturated heterocycles. The monoisotopic (exact) mass is 262 g/mol. The average molecular weight is 263 g/mol. The van der Waals surface area contributed by atoms with Crippen LogP contribution in [0, 0.1) is 6.92 Å². The number of benzene rings is 1. The van der Waals surface area contributed by atoms with Crippen molar-refractivity contribution >= 4 is 11.6 Å². The van der Waals surface area contributed by atoms with Crippen molar-refractivity contribution < 1.29 is 4.74 Å². The van der Waals surface area contributed by atoms with Crippen LogP contribution >= 0.6 is 11.6 Å². The smallest absolute Gasteiger partial charge is 0.135 e. The Morgan fingerprint density at radius 3 is 2.39 bits per heavy atom. The van der Waals surface area contributed by atoms with Crippen LogP contribution in [-0.2, 0) is 0 Å². The van der Waals surface area contributed by atoms with Gasteiger partial charge in [0, 0.05) is 11.1 Å². The molecule has 0 aliphatic rings. The summed E-state index contributed by atoms with van der Waals surface area (Å²) in [6, 6.07) is 7.82. The first-order chi connectivity index (χ1) is 8.58. The van der Waals surface area contributed by atoms with Crippen molar-refractivity contribution in [1.29, 1.82) is 0 Å². The summed E-state index contributed by atoms with van der Waals surface area (Å²) in [5, 5.41) is 0.488. The first-order valence-electron chi connectivity index (χ1n) is 5.82. The molecule has 2 aromatic rings. The Balaban J connectivity index is 2.32. The summed E-state index contributed by atoms with van der Waals surface area (Å²) in [4.78, 5) is 8.22. The first-order valence-corrected chi connectivity index (χ1v) is 6.20. The third-order valence-corrected chi connectivity index (χ3v) is 2.90.